The van der Waals surface area contributed by atoms with Crippen LogP contribution in [0.5, 0.6) is 5.75 Å². The van der Waals surface area contributed by atoms with E-state index in [-0.39, 0.29) is 6.04 Å². The molecule has 3 N–H and O–H groups in total. The first kappa shape index (κ1) is 13.4. The third-order valence-corrected chi connectivity index (χ3v) is 4.66. The third kappa shape index (κ3) is 2.81. The van der Waals surface area contributed by atoms with E-state index in [1.165, 1.54) is 5.56 Å². The van der Waals surface area contributed by atoms with Crippen LogP contribution in [0.1, 0.15) is 36.8 Å². The number of hydrogen-bond donors (Lipinski definition) is 2. The van der Waals surface area contributed by atoms with Gasteiger partial charge >= 0.3 is 0 Å². The molecule has 1 fully saturated rings. The van der Waals surface area contributed by atoms with Crippen molar-refractivity contribution in [2.24, 2.45) is 5.73 Å². The van der Waals surface area contributed by atoms with E-state index in [9.17, 15) is 5.11 Å². The van der Waals surface area contributed by atoms with Crippen LogP contribution >= 0.6 is 15.9 Å². The van der Waals surface area contributed by atoms with Crippen molar-refractivity contribution in [3.63, 3.8) is 0 Å². The number of aliphatic hydroxyl groups is 1. The number of hydrogen-bond acceptors (Lipinski definition) is 3. The lowest BCUT2D eigenvalue weighted by Gasteiger charge is -2.35. The molecule has 2 unspecified atom stereocenters. The van der Waals surface area contributed by atoms with Gasteiger partial charge in [-0.15, -0.1) is 0 Å². The highest BCUT2D eigenvalue weighted by atomic mass is 79.9. The third-order valence-electron chi connectivity index (χ3n) is 4.20. The Morgan fingerprint density at radius 1 is 1.47 bits per heavy atom. The van der Waals surface area contributed by atoms with Crippen molar-refractivity contribution in [3.8, 4) is 5.75 Å². The number of nitrogens with two attached hydrogens (primary N) is 1. The maximum absolute atomic E-state index is 10.8. The van der Waals surface area contributed by atoms with Crippen molar-refractivity contribution in [1.29, 1.82) is 0 Å². The quantitative estimate of drug-likeness (QED) is 0.878. The Balaban J connectivity index is 1.87. The molecule has 0 saturated heterocycles. The van der Waals surface area contributed by atoms with Gasteiger partial charge in [0.05, 0.1) is 12.2 Å². The normalized spacial score (nSPS) is 29.9. The fraction of sp³-hybridized carbons (Fsp3) is 0.600. The minimum atomic E-state index is -0.668. The van der Waals surface area contributed by atoms with Gasteiger partial charge in [-0.2, -0.15) is 0 Å². The molecule has 0 spiro atoms. The van der Waals surface area contributed by atoms with E-state index in [2.05, 4.69) is 28.1 Å². The van der Waals surface area contributed by atoms with Crippen LogP contribution in [0.15, 0.2) is 16.6 Å². The van der Waals surface area contributed by atoms with Crippen molar-refractivity contribution < 1.29 is 9.84 Å². The summed E-state index contributed by atoms with van der Waals surface area (Å²) in [5, 5.41) is 10.8. The van der Waals surface area contributed by atoms with Crippen LogP contribution in [0.25, 0.3) is 0 Å². The Kier molecular flexibility index (Phi) is 3.58. The zero-order valence-corrected chi connectivity index (χ0v) is 12.6. The second kappa shape index (κ2) is 5.08. The van der Waals surface area contributed by atoms with E-state index < -0.39 is 5.60 Å². The minimum Gasteiger partial charge on any atom is -0.493 e. The van der Waals surface area contributed by atoms with E-state index in [0.717, 1.165) is 48.1 Å². The lowest BCUT2D eigenvalue weighted by Crippen LogP contribution is -2.42. The van der Waals surface area contributed by atoms with Gasteiger partial charge in [0.1, 0.15) is 5.75 Å². The molecule has 1 heterocycles. The summed E-state index contributed by atoms with van der Waals surface area (Å²) in [5.74, 6) is 0.982. The van der Waals surface area contributed by atoms with Crippen LogP contribution in [0.2, 0.25) is 0 Å². The summed E-state index contributed by atoms with van der Waals surface area (Å²) in [6.07, 6.45) is 5.16. The molecule has 4 heteroatoms. The number of ether oxygens (including phenoxy) is 1. The lowest BCUT2D eigenvalue weighted by molar-refractivity contribution is -0.00234. The van der Waals surface area contributed by atoms with E-state index in [1.807, 2.05) is 0 Å². The number of benzene rings is 1. The average Bonchev–Trinajstić information content (AvgIpc) is 2.75. The van der Waals surface area contributed by atoms with E-state index in [1.54, 1.807) is 0 Å². The average molecular weight is 326 g/mol. The van der Waals surface area contributed by atoms with Crippen LogP contribution in [0.4, 0.5) is 0 Å². The molecule has 0 amide bonds. The molecule has 0 bridgehead atoms. The highest BCUT2D eigenvalue weighted by molar-refractivity contribution is 9.10. The molecule has 2 atom stereocenters. The predicted molar refractivity (Wildman–Crippen MR) is 78.4 cm³/mol. The van der Waals surface area contributed by atoms with Gasteiger partial charge in [-0.25, -0.2) is 0 Å². The molecule has 1 aliphatic heterocycles. The first-order valence-corrected chi connectivity index (χ1v) is 7.77. The van der Waals surface area contributed by atoms with E-state index in [4.69, 9.17) is 10.5 Å². The summed E-state index contributed by atoms with van der Waals surface area (Å²) in [6, 6.07) is 4.31. The van der Waals surface area contributed by atoms with Crippen LogP contribution in [-0.4, -0.2) is 23.4 Å². The highest BCUT2D eigenvalue weighted by Crippen LogP contribution is 2.38. The standard InChI is InChI=1S/C15H20BrNO2/c16-12-6-10-3-5-19-14(10)11(7-12)8-15(18)4-1-2-13(17)9-15/h6-7,13,18H,1-5,8-9,17H2. The molecule has 1 aromatic carbocycles. The van der Waals surface area contributed by atoms with Crippen molar-refractivity contribution in [1.82, 2.24) is 0 Å². The van der Waals surface area contributed by atoms with E-state index >= 15 is 0 Å². The monoisotopic (exact) mass is 325 g/mol. The second-order valence-electron chi connectivity index (χ2n) is 5.91. The number of fused-ring (bicyclic) bond motifs is 1. The Labute approximate surface area is 122 Å². The van der Waals surface area contributed by atoms with Crippen molar-refractivity contribution in [2.45, 2.75) is 50.2 Å². The molecule has 2 aliphatic rings. The maximum atomic E-state index is 10.8. The fourth-order valence-corrected chi connectivity index (χ4v) is 3.93. The first-order chi connectivity index (χ1) is 9.06. The van der Waals surface area contributed by atoms with Gasteiger partial charge in [0.15, 0.2) is 0 Å². The van der Waals surface area contributed by atoms with E-state index in [0.29, 0.717) is 12.8 Å². The molecule has 3 nitrogen and oxygen atoms in total. The predicted octanol–water partition coefficient (Wildman–Crippen LogP) is 2.56. The molecule has 19 heavy (non-hydrogen) atoms. The first-order valence-electron chi connectivity index (χ1n) is 6.98. The summed E-state index contributed by atoms with van der Waals surface area (Å²) in [4.78, 5) is 0. The van der Waals surface area contributed by atoms with Gasteiger partial charge in [0.2, 0.25) is 0 Å². The summed E-state index contributed by atoms with van der Waals surface area (Å²) in [7, 11) is 0. The van der Waals surface area contributed by atoms with Gasteiger partial charge in [0, 0.05) is 23.4 Å². The zero-order valence-electron chi connectivity index (χ0n) is 11.0. The number of halogens is 1. The smallest absolute Gasteiger partial charge is 0.125 e. The van der Waals surface area contributed by atoms with Crippen molar-refractivity contribution in [3.05, 3.63) is 27.7 Å². The molecule has 1 aliphatic carbocycles. The van der Waals surface area contributed by atoms with Gasteiger partial charge in [0.25, 0.3) is 0 Å². The van der Waals surface area contributed by atoms with Crippen molar-refractivity contribution in [2.75, 3.05) is 6.61 Å². The summed E-state index contributed by atoms with van der Waals surface area (Å²) in [6.45, 7) is 0.747. The van der Waals surface area contributed by atoms with Gasteiger partial charge in [-0.1, -0.05) is 15.9 Å². The second-order valence-corrected chi connectivity index (χ2v) is 6.82. The SMILES string of the molecule is NC1CCCC(O)(Cc2cc(Br)cc3c2OCC3)C1. The fourth-order valence-electron chi connectivity index (χ4n) is 3.38. The van der Waals surface area contributed by atoms with Gasteiger partial charge < -0.3 is 15.6 Å². The Morgan fingerprint density at radius 2 is 2.32 bits per heavy atom. The van der Waals surface area contributed by atoms with Crippen LogP contribution in [-0.2, 0) is 12.8 Å². The molecule has 104 valence electrons. The zero-order chi connectivity index (χ0) is 13.5. The molecular weight excluding hydrogens is 306 g/mol. The molecule has 0 aromatic heterocycles. The highest BCUT2D eigenvalue weighted by Gasteiger charge is 2.34. The van der Waals surface area contributed by atoms with Crippen LogP contribution < -0.4 is 10.5 Å². The Bertz CT molecular complexity index is 491. The van der Waals surface area contributed by atoms with Crippen molar-refractivity contribution >= 4 is 15.9 Å². The Hall–Kier alpha value is -0.580. The summed E-state index contributed by atoms with van der Waals surface area (Å²) >= 11 is 3.55. The Morgan fingerprint density at radius 3 is 3.11 bits per heavy atom. The van der Waals surface area contributed by atoms with Gasteiger partial charge in [-0.05, 0) is 48.9 Å². The van der Waals surface area contributed by atoms with Crippen LogP contribution in [0.3, 0.4) is 0 Å². The number of rotatable bonds is 2. The van der Waals surface area contributed by atoms with Gasteiger partial charge in [-0.3, -0.25) is 0 Å². The summed E-state index contributed by atoms with van der Waals surface area (Å²) < 4.78 is 6.80. The van der Waals surface area contributed by atoms with Crippen LogP contribution in [0, 0.1) is 0 Å². The summed E-state index contributed by atoms with van der Waals surface area (Å²) in [5.41, 5.74) is 7.69. The molecule has 1 saturated carbocycles. The molecule has 0 radical (unpaired) electrons. The minimum absolute atomic E-state index is 0.125. The largest absolute Gasteiger partial charge is 0.493 e. The topological polar surface area (TPSA) is 55.5 Å². The lowest BCUT2D eigenvalue weighted by atomic mass is 9.78. The molecular formula is C15H20BrNO2. The maximum Gasteiger partial charge on any atom is 0.125 e. The molecule has 1 aromatic rings. The molecule has 3 rings (SSSR count).